The zero-order chi connectivity index (χ0) is 16.5. The minimum atomic E-state index is -0.0765. The molecule has 0 atom stereocenters. The molecule has 0 aliphatic rings. The molecule has 1 aromatic rings. The average molecular weight is 304 g/mol. The van der Waals surface area contributed by atoms with Crippen molar-refractivity contribution in [2.24, 2.45) is 0 Å². The van der Waals surface area contributed by atoms with Crippen LogP contribution in [0.1, 0.15) is 33.3 Å². The van der Waals surface area contributed by atoms with Gasteiger partial charge in [0, 0.05) is 25.2 Å². The van der Waals surface area contributed by atoms with E-state index in [0.717, 1.165) is 17.9 Å². The van der Waals surface area contributed by atoms with Gasteiger partial charge in [0.15, 0.2) is 0 Å². The van der Waals surface area contributed by atoms with Crippen LogP contribution in [0.15, 0.2) is 30.3 Å². The van der Waals surface area contributed by atoms with Gasteiger partial charge in [-0.2, -0.15) is 0 Å². The molecular formula is C18H28N2O2. The molecule has 0 aliphatic carbocycles. The van der Waals surface area contributed by atoms with E-state index in [9.17, 15) is 4.79 Å². The van der Waals surface area contributed by atoms with Crippen LogP contribution >= 0.6 is 0 Å². The minimum Gasteiger partial charge on any atom is -0.491 e. The summed E-state index contributed by atoms with van der Waals surface area (Å²) in [6.45, 7) is 9.74. The maximum Gasteiger partial charge on any atom is 0.244 e. The van der Waals surface area contributed by atoms with E-state index >= 15 is 0 Å². The van der Waals surface area contributed by atoms with Gasteiger partial charge >= 0.3 is 0 Å². The number of likely N-dealkylation sites (N-methyl/N-ethyl adjacent to an activating group) is 1. The first-order valence-electron chi connectivity index (χ1n) is 7.81. The maximum absolute atomic E-state index is 11.8. The quantitative estimate of drug-likeness (QED) is 0.751. The number of hydrogen-bond donors (Lipinski definition) is 1. The van der Waals surface area contributed by atoms with Crippen LogP contribution in [0.5, 0.6) is 5.75 Å². The molecule has 1 rings (SSSR count). The van der Waals surface area contributed by atoms with Gasteiger partial charge in [-0.3, -0.25) is 4.79 Å². The van der Waals surface area contributed by atoms with E-state index in [1.54, 1.807) is 12.2 Å². The van der Waals surface area contributed by atoms with Crippen LogP contribution in [0.3, 0.4) is 0 Å². The van der Waals surface area contributed by atoms with Crippen LogP contribution in [-0.4, -0.2) is 43.1 Å². The lowest BCUT2D eigenvalue weighted by atomic mass is 10.2. The molecule has 4 heteroatoms. The number of amides is 1. The molecule has 1 amide bonds. The number of hydrogen-bond acceptors (Lipinski definition) is 3. The molecule has 1 N–H and O–H groups in total. The molecule has 0 spiro atoms. The van der Waals surface area contributed by atoms with Crippen molar-refractivity contribution in [3.63, 3.8) is 0 Å². The average Bonchev–Trinajstić information content (AvgIpc) is 2.44. The fourth-order valence-corrected chi connectivity index (χ4v) is 1.81. The standard InChI is InChI=1S/C18H28N2O2/c1-14(2)20(5)12-11-19-18(21)10-9-16-7-6-8-17(13-16)22-15(3)4/h6-10,13-15H,11-12H2,1-5H3,(H,19,21). The van der Waals surface area contributed by atoms with Crippen molar-refractivity contribution in [3.05, 3.63) is 35.9 Å². The summed E-state index contributed by atoms with van der Waals surface area (Å²) in [6.07, 6.45) is 3.50. The smallest absolute Gasteiger partial charge is 0.244 e. The molecule has 4 nitrogen and oxygen atoms in total. The molecule has 1 aromatic carbocycles. The summed E-state index contributed by atoms with van der Waals surface area (Å²) in [5.74, 6) is 0.739. The first kappa shape index (κ1) is 18.2. The Balaban J connectivity index is 2.45. The van der Waals surface area contributed by atoms with E-state index in [2.05, 4.69) is 24.1 Å². The summed E-state index contributed by atoms with van der Waals surface area (Å²) in [4.78, 5) is 14.0. The Morgan fingerprint density at radius 2 is 2.05 bits per heavy atom. The largest absolute Gasteiger partial charge is 0.491 e. The maximum atomic E-state index is 11.8. The number of ether oxygens (including phenoxy) is 1. The van der Waals surface area contributed by atoms with Gasteiger partial charge in [0.1, 0.15) is 5.75 Å². The van der Waals surface area contributed by atoms with Crippen LogP contribution in [-0.2, 0) is 4.79 Å². The second-order valence-electron chi connectivity index (χ2n) is 5.94. The van der Waals surface area contributed by atoms with Gasteiger partial charge < -0.3 is 15.0 Å². The number of carbonyl (C=O) groups excluding carboxylic acids is 1. The zero-order valence-corrected chi connectivity index (χ0v) is 14.3. The molecule has 0 saturated carbocycles. The van der Waals surface area contributed by atoms with Crippen molar-refractivity contribution in [1.82, 2.24) is 10.2 Å². The van der Waals surface area contributed by atoms with Crippen LogP contribution in [0, 0.1) is 0 Å². The highest BCUT2D eigenvalue weighted by atomic mass is 16.5. The Morgan fingerprint density at radius 1 is 1.32 bits per heavy atom. The number of benzene rings is 1. The van der Waals surface area contributed by atoms with Crippen LogP contribution in [0.25, 0.3) is 6.08 Å². The Kier molecular flexibility index (Phi) is 7.67. The molecular weight excluding hydrogens is 276 g/mol. The van der Waals surface area contributed by atoms with Crippen LogP contribution in [0.2, 0.25) is 0 Å². The highest BCUT2D eigenvalue weighted by molar-refractivity contribution is 5.91. The van der Waals surface area contributed by atoms with Crippen molar-refractivity contribution in [3.8, 4) is 5.75 Å². The highest BCUT2D eigenvalue weighted by Gasteiger charge is 2.03. The molecule has 0 aromatic heterocycles. The SMILES string of the molecule is CC(C)Oc1cccc(C=CC(=O)NCCN(C)C(C)C)c1. The van der Waals surface area contributed by atoms with E-state index < -0.39 is 0 Å². The summed E-state index contributed by atoms with van der Waals surface area (Å²) in [5.41, 5.74) is 0.951. The molecule has 122 valence electrons. The van der Waals surface area contributed by atoms with E-state index in [-0.39, 0.29) is 12.0 Å². The molecule has 0 bridgehead atoms. The van der Waals surface area contributed by atoms with Gasteiger partial charge in [-0.05, 0) is 58.5 Å². The van der Waals surface area contributed by atoms with Crippen molar-refractivity contribution in [2.45, 2.75) is 39.8 Å². The molecule has 0 aliphatic heterocycles. The third-order valence-corrected chi connectivity index (χ3v) is 3.30. The van der Waals surface area contributed by atoms with Crippen molar-refractivity contribution in [2.75, 3.05) is 20.1 Å². The number of nitrogens with one attached hydrogen (secondary N) is 1. The molecule has 0 fully saturated rings. The first-order valence-corrected chi connectivity index (χ1v) is 7.81. The summed E-state index contributed by atoms with van der Waals surface area (Å²) < 4.78 is 5.64. The molecule has 22 heavy (non-hydrogen) atoms. The monoisotopic (exact) mass is 304 g/mol. The Bertz CT molecular complexity index is 496. The fraction of sp³-hybridized carbons (Fsp3) is 0.500. The summed E-state index contributed by atoms with van der Waals surface area (Å²) in [5, 5.41) is 2.89. The van der Waals surface area contributed by atoms with Gasteiger partial charge in [0.05, 0.1) is 6.10 Å². The van der Waals surface area contributed by atoms with Crippen LogP contribution < -0.4 is 10.1 Å². The third-order valence-electron chi connectivity index (χ3n) is 3.30. The minimum absolute atomic E-state index is 0.0765. The molecule has 0 unspecified atom stereocenters. The number of nitrogens with zero attached hydrogens (tertiary/aromatic N) is 1. The van der Waals surface area contributed by atoms with Gasteiger partial charge in [0.25, 0.3) is 0 Å². The van der Waals surface area contributed by atoms with Gasteiger partial charge in [-0.15, -0.1) is 0 Å². The van der Waals surface area contributed by atoms with Gasteiger partial charge in [0.2, 0.25) is 5.91 Å². The van der Waals surface area contributed by atoms with Crippen LogP contribution in [0.4, 0.5) is 0 Å². The third kappa shape index (κ3) is 7.27. The van der Waals surface area contributed by atoms with Gasteiger partial charge in [-0.1, -0.05) is 12.1 Å². The van der Waals surface area contributed by atoms with E-state index in [0.29, 0.717) is 12.6 Å². The predicted molar refractivity (Wildman–Crippen MR) is 92.0 cm³/mol. The molecule has 0 radical (unpaired) electrons. The predicted octanol–water partition coefficient (Wildman–Crippen LogP) is 2.94. The summed E-state index contributed by atoms with van der Waals surface area (Å²) >= 11 is 0. The van der Waals surface area contributed by atoms with E-state index in [1.807, 2.05) is 45.2 Å². The van der Waals surface area contributed by atoms with Crippen molar-refractivity contribution < 1.29 is 9.53 Å². The number of carbonyl (C=O) groups is 1. The van der Waals surface area contributed by atoms with E-state index in [4.69, 9.17) is 4.74 Å². The highest BCUT2D eigenvalue weighted by Crippen LogP contribution is 2.15. The lowest BCUT2D eigenvalue weighted by Gasteiger charge is -2.20. The Morgan fingerprint density at radius 3 is 2.68 bits per heavy atom. The first-order chi connectivity index (χ1) is 10.4. The lowest BCUT2D eigenvalue weighted by Crippen LogP contribution is -2.35. The summed E-state index contributed by atoms with van der Waals surface area (Å²) in [6, 6.07) is 8.20. The molecule has 0 saturated heterocycles. The topological polar surface area (TPSA) is 41.6 Å². The normalized spacial score (nSPS) is 11.6. The summed E-state index contributed by atoms with van der Waals surface area (Å²) in [7, 11) is 2.05. The van der Waals surface area contributed by atoms with Crippen molar-refractivity contribution >= 4 is 12.0 Å². The van der Waals surface area contributed by atoms with Gasteiger partial charge in [-0.25, -0.2) is 0 Å². The zero-order valence-electron chi connectivity index (χ0n) is 14.3. The van der Waals surface area contributed by atoms with Crippen molar-refractivity contribution in [1.29, 1.82) is 0 Å². The lowest BCUT2D eigenvalue weighted by molar-refractivity contribution is -0.116. The van der Waals surface area contributed by atoms with E-state index in [1.165, 1.54) is 0 Å². The second kappa shape index (κ2) is 9.26. The number of rotatable bonds is 8. The fourth-order valence-electron chi connectivity index (χ4n) is 1.81. The second-order valence-corrected chi connectivity index (χ2v) is 5.94. The Hall–Kier alpha value is -1.81. The molecule has 0 heterocycles. The Labute approximate surface area is 134 Å².